The van der Waals surface area contributed by atoms with Crippen LogP contribution in [0.4, 0.5) is 11.6 Å². The van der Waals surface area contributed by atoms with E-state index in [2.05, 4.69) is 31.2 Å². The van der Waals surface area contributed by atoms with Gasteiger partial charge in [-0.2, -0.15) is 4.98 Å². The van der Waals surface area contributed by atoms with Gasteiger partial charge in [0.25, 0.3) is 0 Å². The fourth-order valence-electron chi connectivity index (χ4n) is 1.76. The van der Waals surface area contributed by atoms with E-state index in [0.29, 0.717) is 5.75 Å². The predicted molar refractivity (Wildman–Crippen MR) is 81.9 cm³/mol. The Bertz CT molecular complexity index is 683. The second-order valence-electron chi connectivity index (χ2n) is 4.36. The third-order valence-corrected chi connectivity index (χ3v) is 4.03. The molecule has 0 aliphatic carbocycles. The van der Waals surface area contributed by atoms with Crippen molar-refractivity contribution in [3.63, 3.8) is 0 Å². The Labute approximate surface area is 129 Å². The second kappa shape index (κ2) is 6.04. The molecule has 1 heterocycles. The van der Waals surface area contributed by atoms with Crippen LogP contribution in [-0.2, 0) is 0 Å². The molecule has 0 bridgehead atoms. The number of benzene rings is 1. The van der Waals surface area contributed by atoms with Crippen molar-refractivity contribution in [1.82, 2.24) is 9.97 Å². The molecule has 0 unspecified atom stereocenters. The summed E-state index contributed by atoms with van der Waals surface area (Å²) in [5.41, 5.74) is 1.65. The molecule has 0 saturated heterocycles. The van der Waals surface area contributed by atoms with Crippen LogP contribution in [0.25, 0.3) is 0 Å². The number of aromatic nitrogens is 2. The lowest BCUT2D eigenvalue weighted by Gasteiger charge is -2.10. The maximum Gasteiger partial charge on any atom is 0.349 e. The minimum atomic E-state index is -0.576. The molecule has 1 aromatic heterocycles. The molecule has 0 fully saturated rings. The number of nitrogens with one attached hydrogen (secondary N) is 1. The number of nitro groups is 1. The van der Waals surface area contributed by atoms with Crippen molar-refractivity contribution >= 4 is 27.6 Å². The summed E-state index contributed by atoms with van der Waals surface area (Å²) < 4.78 is 6.55. The molecule has 2 rings (SSSR count). The Morgan fingerprint density at radius 2 is 1.95 bits per heavy atom. The number of rotatable bonds is 4. The van der Waals surface area contributed by atoms with E-state index in [4.69, 9.17) is 4.74 Å². The van der Waals surface area contributed by atoms with E-state index in [-0.39, 0.29) is 17.5 Å². The Morgan fingerprint density at radius 3 is 2.48 bits per heavy atom. The van der Waals surface area contributed by atoms with Gasteiger partial charge in [0.2, 0.25) is 5.95 Å². The van der Waals surface area contributed by atoms with Gasteiger partial charge in [-0.05, 0) is 37.1 Å². The zero-order valence-corrected chi connectivity index (χ0v) is 13.3. The fraction of sp³-hybridized carbons (Fsp3) is 0.231. The molecule has 2 aromatic rings. The zero-order chi connectivity index (χ0) is 15.6. The number of ether oxygens (including phenoxy) is 1. The van der Waals surface area contributed by atoms with Gasteiger partial charge >= 0.3 is 11.6 Å². The average Bonchev–Trinajstić information content (AvgIpc) is 2.44. The van der Waals surface area contributed by atoms with Crippen molar-refractivity contribution in [3.05, 3.63) is 44.0 Å². The minimum absolute atomic E-state index is 0.0968. The summed E-state index contributed by atoms with van der Waals surface area (Å²) in [6.07, 6.45) is 1.12. The Balaban J connectivity index is 2.45. The molecule has 0 saturated carbocycles. The van der Waals surface area contributed by atoms with Gasteiger partial charge in [0.1, 0.15) is 11.9 Å². The predicted octanol–water partition coefficient (Wildman–Crippen LogP) is 3.60. The molecule has 1 aromatic carbocycles. The molecule has 8 heteroatoms. The fourth-order valence-corrected chi connectivity index (χ4v) is 1.99. The van der Waals surface area contributed by atoms with E-state index in [1.54, 1.807) is 19.2 Å². The first-order valence-electron chi connectivity index (χ1n) is 6.06. The molecule has 1 N–H and O–H groups in total. The highest BCUT2D eigenvalue weighted by Crippen LogP contribution is 2.32. The van der Waals surface area contributed by atoms with E-state index in [1.165, 1.54) is 0 Å². The normalized spacial score (nSPS) is 10.3. The van der Waals surface area contributed by atoms with Gasteiger partial charge in [0, 0.05) is 11.5 Å². The first-order chi connectivity index (χ1) is 9.92. The highest BCUT2D eigenvalue weighted by molar-refractivity contribution is 9.10. The molecule has 110 valence electrons. The summed E-state index contributed by atoms with van der Waals surface area (Å²) in [4.78, 5) is 18.3. The number of hydrogen-bond acceptors (Lipinski definition) is 6. The maximum absolute atomic E-state index is 11.0. The Kier molecular flexibility index (Phi) is 4.37. The lowest BCUT2D eigenvalue weighted by Crippen LogP contribution is -2.02. The molecule has 0 amide bonds. The Morgan fingerprint density at radius 1 is 1.33 bits per heavy atom. The number of anilines is 1. The van der Waals surface area contributed by atoms with Crippen LogP contribution in [0, 0.1) is 24.0 Å². The van der Waals surface area contributed by atoms with E-state index in [1.807, 2.05) is 13.8 Å². The average molecular weight is 353 g/mol. The topological polar surface area (TPSA) is 90.2 Å². The largest absolute Gasteiger partial charge is 0.434 e. The summed E-state index contributed by atoms with van der Waals surface area (Å²) >= 11 is 3.46. The summed E-state index contributed by atoms with van der Waals surface area (Å²) in [5, 5.41) is 13.7. The van der Waals surface area contributed by atoms with Gasteiger partial charge in [0.15, 0.2) is 0 Å². The highest BCUT2D eigenvalue weighted by Gasteiger charge is 2.20. The van der Waals surface area contributed by atoms with Crippen LogP contribution in [0.5, 0.6) is 11.6 Å². The molecule has 0 spiro atoms. The summed E-state index contributed by atoms with van der Waals surface area (Å²) in [6.45, 7) is 3.83. The van der Waals surface area contributed by atoms with Crippen molar-refractivity contribution in [2.75, 3.05) is 12.4 Å². The molecule has 0 radical (unpaired) electrons. The van der Waals surface area contributed by atoms with E-state index in [9.17, 15) is 10.1 Å². The van der Waals surface area contributed by atoms with Gasteiger partial charge in [-0.15, -0.1) is 0 Å². The van der Waals surface area contributed by atoms with Crippen LogP contribution < -0.4 is 10.1 Å². The van der Waals surface area contributed by atoms with Crippen LogP contribution in [-0.4, -0.2) is 21.9 Å². The van der Waals surface area contributed by atoms with Crippen molar-refractivity contribution < 1.29 is 9.66 Å². The van der Waals surface area contributed by atoms with E-state index < -0.39 is 4.92 Å². The SMILES string of the molecule is CNc1ncc([N+](=O)[O-])c(Oc2cc(C)c(Br)c(C)c2)n1. The number of halogens is 1. The number of aryl methyl sites for hydroxylation is 2. The van der Waals surface area contributed by atoms with Crippen molar-refractivity contribution in [1.29, 1.82) is 0 Å². The Hall–Kier alpha value is -2.22. The van der Waals surface area contributed by atoms with E-state index >= 15 is 0 Å². The molecular formula is C13H13BrN4O3. The van der Waals surface area contributed by atoms with E-state index in [0.717, 1.165) is 21.8 Å². The van der Waals surface area contributed by atoms with Gasteiger partial charge in [-0.1, -0.05) is 15.9 Å². The molecule has 21 heavy (non-hydrogen) atoms. The highest BCUT2D eigenvalue weighted by atomic mass is 79.9. The van der Waals surface area contributed by atoms with Crippen LogP contribution in [0.2, 0.25) is 0 Å². The molecule has 7 nitrogen and oxygen atoms in total. The maximum atomic E-state index is 11.0. The van der Waals surface area contributed by atoms with Crippen molar-refractivity contribution in [2.45, 2.75) is 13.8 Å². The van der Waals surface area contributed by atoms with Crippen LogP contribution in [0.1, 0.15) is 11.1 Å². The van der Waals surface area contributed by atoms with Crippen molar-refractivity contribution in [2.24, 2.45) is 0 Å². The van der Waals surface area contributed by atoms with Crippen molar-refractivity contribution in [3.8, 4) is 11.6 Å². The smallest absolute Gasteiger partial charge is 0.349 e. The molecular weight excluding hydrogens is 340 g/mol. The molecule has 0 aliphatic rings. The summed E-state index contributed by atoms with van der Waals surface area (Å²) in [5.74, 6) is 0.638. The summed E-state index contributed by atoms with van der Waals surface area (Å²) in [6, 6.07) is 3.56. The van der Waals surface area contributed by atoms with Gasteiger partial charge in [-0.25, -0.2) is 4.98 Å². The van der Waals surface area contributed by atoms with Gasteiger partial charge in [0.05, 0.1) is 4.92 Å². The third kappa shape index (κ3) is 3.27. The second-order valence-corrected chi connectivity index (χ2v) is 5.16. The van der Waals surface area contributed by atoms with Crippen LogP contribution in [0.15, 0.2) is 22.8 Å². The number of hydrogen-bond donors (Lipinski definition) is 1. The lowest BCUT2D eigenvalue weighted by atomic mass is 10.1. The monoisotopic (exact) mass is 352 g/mol. The lowest BCUT2D eigenvalue weighted by molar-refractivity contribution is -0.386. The first kappa shape index (κ1) is 15.2. The standard InChI is InChI=1S/C13H13BrN4O3/c1-7-4-9(5-8(2)11(7)14)21-12-10(18(19)20)6-16-13(15-3)17-12/h4-6H,1-3H3,(H,15,16,17). The van der Waals surface area contributed by atoms with Gasteiger partial charge in [-0.3, -0.25) is 10.1 Å². The van der Waals surface area contributed by atoms with Gasteiger partial charge < -0.3 is 10.1 Å². The molecule has 0 aliphatic heterocycles. The quantitative estimate of drug-likeness (QED) is 0.667. The number of nitrogens with zero attached hydrogens (tertiary/aromatic N) is 3. The minimum Gasteiger partial charge on any atom is -0.434 e. The zero-order valence-electron chi connectivity index (χ0n) is 11.7. The first-order valence-corrected chi connectivity index (χ1v) is 6.85. The van der Waals surface area contributed by atoms with Crippen LogP contribution in [0.3, 0.4) is 0 Å². The molecule has 0 atom stereocenters. The van der Waals surface area contributed by atoms with Crippen LogP contribution >= 0.6 is 15.9 Å². The summed E-state index contributed by atoms with van der Waals surface area (Å²) in [7, 11) is 1.62. The third-order valence-electron chi connectivity index (χ3n) is 2.78.